The molecule has 0 unspecified atom stereocenters. The molecule has 0 aliphatic rings. The minimum Gasteiger partial charge on any atom is -0.398 e. The number of aryl methyl sites for hydroxylation is 1. The molecular weight excluding hydrogens is 290 g/mol. The standard InChI is InChI=1S/C12H12ClNO2S2/c13-10-4-1-5-11(14)12(10)18(15,16)8-6-9-3-2-7-17-9/h1-5,7H,6,8,14H2. The molecule has 18 heavy (non-hydrogen) atoms. The van der Waals surface area contributed by atoms with E-state index >= 15 is 0 Å². The number of nitrogen functional groups attached to an aromatic ring is 1. The first kappa shape index (κ1) is 13.4. The number of benzene rings is 1. The van der Waals surface area contributed by atoms with Crippen molar-refractivity contribution in [3.05, 3.63) is 45.6 Å². The van der Waals surface area contributed by atoms with Crippen LogP contribution in [-0.4, -0.2) is 14.2 Å². The van der Waals surface area contributed by atoms with E-state index in [9.17, 15) is 8.42 Å². The second-order valence-electron chi connectivity index (χ2n) is 3.81. The normalized spacial score (nSPS) is 11.6. The minimum absolute atomic E-state index is 0.0153. The van der Waals surface area contributed by atoms with Crippen molar-refractivity contribution in [2.75, 3.05) is 11.5 Å². The molecule has 2 rings (SSSR count). The Labute approximate surface area is 115 Å². The minimum atomic E-state index is -3.45. The zero-order valence-corrected chi connectivity index (χ0v) is 11.9. The van der Waals surface area contributed by atoms with Gasteiger partial charge in [-0.25, -0.2) is 8.42 Å². The molecule has 0 saturated heterocycles. The molecule has 2 aromatic rings. The Bertz CT molecular complexity index is 616. The van der Waals surface area contributed by atoms with Gasteiger partial charge < -0.3 is 5.73 Å². The molecule has 0 fully saturated rings. The highest BCUT2D eigenvalue weighted by atomic mass is 35.5. The van der Waals surface area contributed by atoms with E-state index < -0.39 is 9.84 Å². The lowest BCUT2D eigenvalue weighted by Crippen LogP contribution is -2.11. The Morgan fingerprint density at radius 2 is 2.00 bits per heavy atom. The fraction of sp³-hybridized carbons (Fsp3) is 0.167. The van der Waals surface area contributed by atoms with Crippen LogP contribution in [0.4, 0.5) is 5.69 Å². The summed E-state index contributed by atoms with van der Waals surface area (Å²) in [7, 11) is -3.45. The molecule has 0 radical (unpaired) electrons. The summed E-state index contributed by atoms with van der Waals surface area (Å²) in [5, 5.41) is 2.10. The van der Waals surface area contributed by atoms with Gasteiger partial charge in [-0.3, -0.25) is 0 Å². The maximum absolute atomic E-state index is 12.2. The summed E-state index contributed by atoms with van der Waals surface area (Å²) in [5.74, 6) is 0.0153. The van der Waals surface area contributed by atoms with Gasteiger partial charge in [0, 0.05) is 4.88 Å². The molecule has 1 aromatic carbocycles. The van der Waals surface area contributed by atoms with Crippen LogP contribution < -0.4 is 5.73 Å². The number of sulfone groups is 1. The number of thiophene rings is 1. The molecule has 0 atom stereocenters. The van der Waals surface area contributed by atoms with Gasteiger partial charge in [-0.1, -0.05) is 23.7 Å². The highest BCUT2D eigenvalue weighted by molar-refractivity contribution is 7.91. The quantitative estimate of drug-likeness (QED) is 0.883. The van der Waals surface area contributed by atoms with Crippen molar-refractivity contribution in [2.45, 2.75) is 11.3 Å². The highest BCUT2D eigenvalue weighted by Gasteiger charge is 2.21. The van der Waals surface area contributed by atoms with E-state index in [0.717, 1.165) is 4.88 Å². The van der Waals surface area contributed by atoms with E-state index in [2.05, 4.69) is 0 Å². The van der Waals surface area contributed by atoms with Crippen molar-refractivity contribution in [3.63, 3.8) is 0 Å². The Hall–Kier alpha value is -1.04. The largest absolute Gasteiger partial charge is 0.398 e. The smallest absolute Gasteiger partial charge is 0.182 e. The second-order valence-corrected chi connectivity index (χ2v) is 7.29. The van der Waals surface area contributed by atoms with Gasteiger partial charge in [0.25, 0.3) is 0 Å². The van der Waals surface area contributed by atoms with Gasteiger partial charge in [0.05, 0.1) is 16.5 Å². The van der Waals surface area contributed by atoms with Crippen LogP contribution in [0.2, 0.25) is 5.02 Å². The predicted molar refractivity (Wildman–Crippen MR) is 75.9 cm³/mol. The van der Waals surface area contributed by atoms with E-state index in [1.54, 1.807) is 12.1 Å². The van der Waals surface area contributed by atoms with Gasteiger partial charge in [0.1, 0.15) is 4.90 Å². The number of hydrogen-bond acceptors (Lipinski definition) is 4. The Morgan fingerprint density at radius 3 is 2.61 bits per heavy atom. The fourth-order valence-electron chi connectivity index (χ4n) is 1.65. The van der Waals surface area contributed by atoms with Gasteiger partial charge in [0.15, 0.2) is 9.84 Å². The zero-order chi connectivity index (χ0) is 13.2. The summed E-state index contributed by atoms with van der Waals surface area (Å²) < 4.78 is 24.4. The Kier molecular flexibility index (Phi) is 3.94. The summed E-state index contributed by atoms with van der Waals surface area (Å²) in [6.07, 6.45) is 0.477. The van der Waals surface area contributed by atoms with Crippen molar-refractivity contribution in [1.82, 2.24) is 0 Å². The van der Waals surface area contributed by atoms with Crippen LogP contribution in [0.25, 0.3) is 0 Å². The SMILES string of the molecule is Nc1cccc(Cl)c1S(=O)(=O)CCc1cccs1. The van der Waals surface area contributed by atoms with Crippen LogP contribution in [0.3, 0.4) is 0 Å². The third-order valence-corrected chi connectivity index (χ3v) is 5.69. The summed E-state index contributed by atoms with van der Waals surface area (Å²) in [6, 6.07) is 8.53. The first-order valence-corrected chi connectivity index (χ1v) is 8.21. The molecule has 3 nitrogen and oxygen atoms in total. The lowest BCUT2D eigenvalue weighted by Gasteiger charge is -2.08. The first-order valence-electron chi connectivity index (χ1n) is 5.30. The summed E-state index contributed by atoms with van der Waals surface area (Å²) in [6.45, 7) is 0. The first-order chi connectivity index (χ1) is 8.50. The number of rotatable bonds is 4. The molecule has 0 spiro atoms. The molecule has 0 aliphatic carbocycles. The van der Waals surface area contributed by atoms with Crippen molar-refractivity contribution in [2.24, 2.45) is 0 Å². The number of nitrogens with two attached hydrogens (primary N) is 1. The van der Waals surface area contributed by atoms with E-state index in [1.807, 2.05) is 17.5 Å². The maximum Gasteiger partial charge on any atom is 0.182 e. The average molecular weight is 302 g/mol. The topological polar surface area (TPSA) is 60.2 Å². The van der Waals surface area contributed by atoms with Gasteiger partial charge >= 0.3 is 0 Å². The Morgan fingerprint density at radius 1 is 1.22 bits per heavy atom. The van der Waals surface area contributed by atoms with Crippen molar-refractivity contribution in [3.8, 4) is 0 Å². The van der Waals surface area contributed by atoms with Crippen LogP contribution >= 0.6 is 22.9 Å². The monoisotopic (exact) mass is 301 g/mol. The zero-order valence-electron chi connectivity index (χ0n) is 9.47. The third kappa shape index (κ3) is 2.85. The lowest BCUT2D eigenvalue weighted by atomic mass is 10.3. The van der Waals surface area contributed by atoms with Crippen LogP contribution in [-0.2, 0) is 16.3 Å². The van der Waals surface area contributed by atoms with Crippen molar-refractivity contribution < 1.29 is 8.42 Å². The molecule has 96 valence electrons. The molecule has 0 bridgehead atoms. The van der Waals surface area contributed by atoms with Crippen molar-refractivity contribution in [1.29, 1.82) is 0 Å². The van der Waals surface area contributed by atoms with Crippen LogP contribution in [0.1, 0.15) is 4.88 Å². The molecule has 0 aliphatic heterocycles. The van der Waals surface area contributed by atoms with E-state index in [-0.39, 0.29) is 21.4 Å². The molecule has 0 saturated carbocycles. The summed E-state index contributed by atoms with van der Waals surface area (Å²) in [4.78, 5) is 1.08. The molecule has 1 aromatic heterocycles. The average Bonchev–Trinajstić information content (AvgIpc) is 2.78. The third-order valence-electron chi connectivity index (χ3n) is 2.51. The Balaban J connectivity index is 2.26. The number of hydrogen-bond donors (Lipinski definition) is 1. The second kappa shape index (κ2) is 5.30. The lowest BCUT2D eigenvalue weighted by molar-refractivity contribution is 0.596. The molecule has 6 heteroatoms. The van der Waals surface area contributed by atoms with E-state index in [0.29, 0.717) is 6.42 Å². The van der Waals surface area contributed by atoms with Gasteiger partial charge in [0.2, 0.25) is 0 Å². The van der Waals surface area contributed by atoms with Gasteiger partial charge in [-0.2, -0.15) is 0 Å². The van der Waals surface area contributed by atoms with Gasteiger partial charge in [-0.15, -0.1) is 11.3 Å². The van der Waals surface area contributed by atoms with Crippen LogP contribution in [0, 0.1) is 0 Å². The fourth-order valence-corrected chi connectivity index (χ4v) is 4.50. The van der Waals surface area contributed by atoms with Crippen LogP contribution in [0.15, 0.2) is 40.6 Å². The maximum atomic E-state index is 12.2. The summed E-state index contributed by atoms with van der Waals surface area (Å²) in [5.41, 5.74) is 5.90. The van der Waals surface area contributed by atoms with Crippen molar-refractivity contribution >= 4 is 38.5 Å². The number of halogens is 1. The molecule has 2 N–H and O–H groups in total. The van der Waals surface area contributed by atoms with Gasteiger partial charge in [-0.05, 0) is 30.0 Å². The highest BCUT2D eigenvalue weighted by Crippen LogP contribution is 2.28. The summed E-state index contributed by atoms with van der Waals surface area (Å²) >= 11 is 7.46. The van der Waals surface area contributed by atoms with E-state index in [4.69, 9.17) is 17.3 Å². The van der Waals surface area contributed by atoms with Crippen LogP contribution in [0.5, 0.6) is 0 Å². The van der Waals surface area contributed by atoms with E-state index in [1.165, 1.54) is 17.4 Å². The molecular formula is C12H12ClNO2S2. The molecule has 0 amide bonds. The number of anilines is 1. The predicted octanol–water partition coefficient (Wildman–Crippen LogP) is 3.00. The molecule has 1 heterocycles.